The molecule has 0 rings (SSSR count). The van der Waals surface area contributed by atoms with E-state index in [0.29, 0.717) is 11.8 Å². The van der Waals surface area contributed by atoms with Gasteiger partial charge in [0.1, 0.15) is 0 Å². The van der Waals surface area contributed by atoms with Gasteiger partial charge in [0.25, 0.3) is 0 Å². The molecule has 2 nitrogen and oxygen atoms in total. The first-order valence-electron chi connectivity index (χ1n) is 7.05. The molecule has 0 amide bonds. The van der Waals surface area contributed by atoms with E-state index in [4.69, 9.17) is 10.8 Å². The molecule has 0 radical (unpaired) electrons. The van der Waals surface area contributed by atoms with Gasteiger partial charge in [-0.25, -0.2) is 0 Å². The Bertz CT molecular complexity index is 309. The summed E-state index contributed by atoms with van der Waals surface area (Å²) in [6.45, 7) is 17.1. The molecule has 0 bridgehead atoms. The third-order valence-electron chi connectivity index (χ3n) is 3.59. The summed E-state index contributed by atoms with van der Waals surface area (Å²) in [6.07, 6.45) is 1.80. The maximum Gasteiger partial charge on any atom is 0.0171 e. The predicted molar refractivity (Wildman–Crippen MR) is 81.9 cm³/mol. The van der Waals surface area contributed by atoms with Crippen LogP contribution in [0.15, 0.2) is 0 Å². The van der Waals surface area contributed by atoms with Gasteiger partial charge in [0, 0.05) is 16.8 Å². The maximum atomic E-state index is 8.24. The van der Waals surface area contributed by atoms with Crippen molar-refractivity contribution in [1.82, 2.24) is 0 Å². The lowest BCUT2D eigenvalue weighted by Gasteiger charge is -2.37. The fourth-order valence-corrected chi connectivity index (χ4v) is 2.86. The molecule has 0 aliphatic rings. The van der Waals surface area contributed by atoms with Crippen LogP contribution in [0.25, 0.3) is 0 Å². The smallest absolute Gasteiger partial charge is 0.0171 e. The highest BCUT2D eigenvalue weighted by atomic mass is 14.5. The van der Waals surface area contributed by atoms with Crippen LogP contribution in [0.5, 0.6) is 0 Å². The molecular weight excluding hydrogens is 220 g/mol. The maximum absolute atomic E-state index is 8.24. The van der Waals surface area contributed by atoms with Crippen LogP contribution in [-0.2, 0) is 0 Å². The SMILES string of the molecule is CC(C)C(=N)CC(C)(C)CC(C)(C)C(=N)C(C)C. The van der Waals surface area contributed by atoms with Gasteiger partial charge in [-0.05, 0) is 30.1 Å². The van der Waals surface area contributed by atoms with Gasteiger partial charge in [0.2, 0.25) is 0 Å². The largest absolute Gasteiger partial charge is 0.309 e. The Morgan fingerprint density at radius 3 is 1.67 bits per heavy atom. The Balaban J connectivity index is 4.76. The second-order valence-corrected chi connectivity index (χ2v) is 7.65. The van der Waals surface area contributed by atoms with E-state index in [2.05, 4.69) is 55.4 Å². The Morgan fingerprint density at radius 1 is 0.889 bits per heavy atom. The van der Waals surface area contributed by atoms with Crippen molar-refractivity contribution < 1.29 is 0 Å². The summed E-state index contributed by atoms with van der Waals surface area (Å²) < 4.78 is 0. The summed E-state index contributed by atoms with van der Waals surface area (Å²) in [5, 5.41) is 16.3. The molecule has 0 atom stereocenters. The van der Waals surface area contributed by atoms with Gasteiger partial charge >= 0.3 is 0 Å². The van der Waals surface area contributed by atoms with Gasteiger partial charge in [0.15, 0.2) is 0 Å². The lowest BCUT2D eigenvalue weighted by atomic mass is 9.68. The van der Waals surface area contributed by atoms with Crippen LogP contribution in [-0.4, -0.2) is 11.4 Å². The normalized spacial score (nSPS) is 13.2. The summed E-state index contributed by atoms with van der Waals surface area (Å²) in [5.74, 6) is 0.636. The van der Waals surface area contributed by atoms with Crippen LogP contribution < -0.4 is 0 Å². The molecule has 0 unspecified atom stereocenters. The predicted octanol–water partition coefficient (Wildman–Crippen LogP) is 5.17. The van der Waals surface area contributed by atoms with E-state index in [1.165, 1.54) is 0 Å². The van der Waals surface area contributed by atoms with E-state index < -0.39 is 0 Å². The summed E-state index contributed by atoms with van der Waals surface area (Å²) in [4.78, 5) is 0. The summed E-state index contributed by atoms with van der Waals surface area (Å²) in [5.41, 5.74) is 1.67. The van der Waals surface area contributed by atoms with Gasteiger partial charge in [-0.2, -0.15) is 0 Å². The number of nitrogens with one attached hydrogen (secondary N) is 2. The molecule has 106 valence electrons. The van der Waals surface area contributed by atoms with Crippen LogP contribution in [0, 0.1) is 33.5 Å². The molecule has 0 fully saturated rings. The average molecular weight is 252 g/mol. The quantitative estimate of drug-likeness (QED) is 0.587. The Kier molecular flexibility index (Phi) is 5.77. The Labute approximate surface area is 114 Å². The molecule has 0 aromatic heterocycles. The average Bonchev–Trinajstić information content (AvgIpc) is 2.13. The molecule has 0 saturated carbocycles. The standard InChI is InChI=1S/C16H32N2/c1-11(2)13(17)9-15(5,6)10-16(7,8)14(18)12(3)4/h11-12,17-18H,9-10H2,1-8H3. The molecule has 0 aliphatic carbocycles. The minimum Gasteiger partial charge on any atom is -0.309 e. The summed E-state index contributed by atoms with van der Waals surface area (Å²) in [7, 11) is 0. The van der Waals surface area contributed by atoms with Crippen molar-refractivity contribution in [1.29, 1.82) is 10.8 Å². The van der Waals surface area contributed by atoms with Crippen LogP contribution in [0.3, 0.4) is 0 Å². The number of hydrogen-bond acceptors (Lipinski definition) is 2. The van der Waals surface area contributed by atoms with Crippen molar-refractivity contribution in [2.24, 2.45) is 22.7 Å². The third-order valence-corrected chi connectivity index (χ3v) is 3.59. The lowest BCUT2D eigenvalue weighted by Crippen LogP contribution is -2.34. The highest BCUT2D eigenvalue weighted by molar-refractivity contribution is 5.88. The van der Waals surface area contributed by atoms with Gasteiger partial charge in [0.05, 0.1) is 0 Å². The Hall–Kier alpha value is -0.660. The number of rotatable bonds is 7. The van der Waals surface area contributed by atoms with Crippen LogP contribution in [0.4, 0.5) is 0 Å². The van der Waals surface area contributed by atoms with E-state index in [1.54, 1.807) is 0 Å². The minimum absolute atomic E-state index is 0.0745. The van der Waals surface area contributed by atoms with Crippen LogP contribution >= 0.6 is 0 Å². The first kappa shape index (κ1) is 17.3. The second-order valence-electron chi connectivity index (χ2n) is 7.65. The van der Waals surface area contributed by atoms with Crippen molar-refractivity contribution in [2.45, 2.75) is 68.2 Å². The van der Waals surface area contributed by atoms with Crippen LogP contribution in [0.2, 0.25) is 0 Å². The van der Waals surface area contributed by atoms with Crippen molar-refractivity contribution in [3.05, 3.63) is 0 Å². The zero-order chi connectivity index (χ0) is 14.7. The van der Waals surface area contributed by atoms with E-state index in [9.17, 15) is 0 Å². The van der Waals surface area contributed by atoms with Crippen molar-refractivity contribution in [3.8, 4) is 0 Å². The topological polar surface area (TPSA) is 47.7 Å². The van der Waals surface area contributed by atoms with E-state index >= 15 is 0 Å². The first-order valence-corrected chi connectivity index (χ1v) is 7.05. The zero-order valence-electron chi connectivity index (χ0n) is 13.6. The fourth-order valence-electron chi connectivity index (χ4n) is 2.86. The van der Waals surface area contributed by atoms with E-state index in [0.717, 1.165) is 24.3 Å². The van der Waals surface area contributed by atoms with Crippen molar-refractivity contribution in [3.63, 3.8) is 0 Å². The van der Waals surface area contributed by atoms with Gasteiger partial charge < -0.3 is 10.8 Å². The third kappa shape index (κ3) is 5.32. The molecule has 18 heavy (non-hydrogen) atoms. The fraction of sp³-hybridized carbons (Fsp3) is 0.875. The van der Waals surface area contributed by atoms with E-state index in [-0.39, 0.29) is 10.8 Å². The molecule has 0 aliphatic heterocycles. The molecular formula is C16H32N2. The molecule has 0 spiro atoms. The van der Waals surface area contributed by atoms with Crippen molar-refractivity contribution >= 4 is 11.4 Å². The number of hydrogen-bond donors (Lipinski definition) is 2. The van der Waals surface area contributed by atoms with E-state index in [1.807, 2.05) is 0 Å². The molecule has 0 heterocycles. The summed E-state index contributed by atoms with van der Waals surface area (Å²) in [6, 6.07) is 0. The summed E-state index contributed by atoms with van der Waals surface area (Å²) >= 11 is 0. The molecule has 2 N–H and O–H groups in total. The monoisotopic (exact) mass is 252 g/mol. The van der Waals surface area contributed by atoms with Gasteiger partial charge in [-0.3, -0.25) is 0 Å². The molecule has 0 saturated heterocycles. The minimum atomic E-state index is -0.0745. The zero-order valence-corrected chi connectivity index (χ0v) is 13.6. The van der Waals surface area contributed by atoms with Gasteiger partial charge in [-0.15, -0.1) is 0 Å². The van der Waals surface area contributed by atoms with Crippen molar-refractivity contribution in [2.75, 3.05) is 0 Å². The molecule has 0 aromatic rings. The lowest BCUT2D eigenvalue weighted by molar-refractivity contribution is 0.253. The van der Waals surface area contributed by atoms with Gasteiger partial charge in [-0.1, -0.05) is 55.4 Å². The highest BCUT2D eigenvalue weighted by Crippen LogP contribution is 2.39. The van der Waals surface area contributed by atoms with Crippen LogP contribution in [0.1, 0.15) is 68.2 Å². The molecule has 2 heteroatoms. The second kappa shape index (κ2) is 5.99. The Morgan fingerprint density at radius 2 is 1.33 bits per heavy atom. The highest BCUT2D eigenvalue weighted by Gasteiger charge is 2.33. The first-order chi connectivity index (χ1) is 7.89. The molecule has 0 aromatic carbocycles.